The molecule has 2 fully saturated rings. The number of nitrogens with zero attached hydrogens (tertiary/aromatic N) is 3. The molecule has 2 amide bonds. The third kappa shape index (κ3) is 2.42. The number of anilines is 1. The molecular formula is C21H24N4O2. The Labute approximate surface area is 158 Å². The molecule has 140 valence electrons. The Morgan fingerprint density at radius 2 is 2.15 bits per heavy atom. The van der Waals surface area contributed by atoms with Crippen molar-refractivity contribution >= 4 is 17.5 Å². The molecule has 3 heterocycles. The molecule has 1 saturated carbocycles. The van der Waals surface area contributed by atoms with Crippen molar-refractivity contribution in [3.63, 3.8) is 0 Å². The number of carbonyl (C=O) groups excluding carboxylic acids is 2. The molecule has 1 spiro atoms. The van der Waals surface area contributed by atoms with Gasteiger partial charge < -0.3 is 14.8 Å². The largest absolute Gasteiger partial charge is 0.336 e. The summed E-state index contributed by atoms with van der Waals surface area (Å²) in [5.41, 5.74) is 1.08. The maximum absolute atomic E-state index is 13.2. The molecule has 1 N–H and O–H groups in total. The second-order valence-electron chi connectivity index (χ2n) is 8.09. The van der Waals surface area contributed by atoms with Crippen LogP contribution < -0.4 is 5.32 Å². The highest BCUT2D eigenvalue weighted by Crippen LogP contribution is 2.54. The molecule has 6 heteroatoms. The lowest BCUT2D eigenvalue weighted by Crippen LogP contribution is -2.43. The Balaban J connectivity index is 1.58. The molecule has 1 saturated heterocycles. The van der Waals surface area contributed by atoms with Gasteiger partial charge in [-0.2, -0.15) is 0 Å². The van der Waals surface area contributed by atoms with Crippen LogP contribution in [0, 0.1) is 5.92 Å². The number of hydrogen-bond donors (Lipinski definition) is 1. The van der Waals surface area contributed by atoms with Crippen molar-refractivity contribution in [3.8, 4) is 0 Å². The topological polar surface area (TPSA) is 67.2 Å². The summed E-state index contributed by atoms with van der Waals surface area (Å²) in [4.78, 5) is 32.8. The molecule has 1 aliphatic carbocycles. The van der Waals surface area contributed by atoms with E-state index in [4.69, 9.17) is 0 Å². The second kappa shape index (κ2) is 5.94. The van der Waals surface area contributed by atoms with E-state index in [1.54, 1.807) is 6.20 Å². The first-order valence-electron chi connectivity index (χ1n) is 9.79. The van der Waals surface area contributed by atoms with Crippen molar-refractivity contribution < 1.29 is 9.59 Å². The lowest BCUT2D eigenvalue weighted by Gasteiger charge is -2.33. The minimum absolute atomic E-state index is 0.0193. The Bertz CT molecular complexity index is 916. The van der Waals surface area contributed by atoms with Crippen LogP contribution in [0.2, 0.25) is 0 Å². The van der Waals surface area contributed by atoms with Gasteiger partial charge in [0.25, 0.3) is 0 Å². The molecule has 1 aromatic heterocycles. The van der Waals surface area contributed by atoms with Gasteiger partial charge in [-0.1, -0.05) is 31.0 Å². The summed E-state index contributed by atoms with van der Waals surface area (Å²) < 4.78 is 1.94. The number of benzene rings is 1. The van der Waals surface area contributed by atoms with E-state index in [0.29, 0.717) is 25.3 Å². The fraction of sp³-hybridized carbons (Fsp3) is 0.476. The van der Waals surface area contributed by atoms with Crippen LogP contribution in [0.25, 0.3) is 0 Å². The van der Waals surface area contributed by atoms with E-state index in [9.17, 15) is 9.59 Å². The van der Waals surface area contributed by atoms with E-state index in [2.05, 4.69) is 10.3 Å². The second-order valence-corrected chi connectivity index (χ2v) is 8.09. The van der Waals surface area contributed by atoms with Gasteiger partial charge in [0.15, 0.2) is 0 Å². The standard InChI is InChI=1S/C21H24N4O2/c1-24-13-11-22-19(24)18-21(15-4-2-3-5-16(15)23-20(21)27)10-12-25(18)17(26)9-8-14-6-7-14/h2-5,11,13-14,18H,6-10,12H2,1H3,(H,23,27)/t18-,21+/m0/s1. The van der Waals surface area contributed by atoms with Crippen LogP contribution in [0.5, 0.6) is 0 Å². The SMILES string of the molecule is Cn1ccnc1[C@@H]1N(C(=O)CCC2CC2)CC[C@]12C(=O)Nc1ccccc12. The number of aromatic nitrogens is 2. The maximum Gasteiger partial charge on any atom is 0.237 e. The lowest BCUT2D eigenvalue weighted by atomic mass is 9.74. The Morgan fingerprint density at radius 3 is 2.89 bits per heavy atom. The van der Waals surface area contributed by atoms with Gasteiger partial charge in [0.05, 0.1) is 0 Å². The highest BCUT2D eigenvalue weighted by molar-refractivity contribution is 6.07. The van der Waals surface area contributed by atoms with Crippen LogP contribution in [0.4, 0.5) is 5.69 Å². The molecular weight excluding hydrogens is 340 g/mol. The predicted octanol–water partition coefficient (Wildman–Crippen LogP) is 2.77. The van der Waals surface area contributed by atoms with Crippen molar-refractivity contribution in [2.75, 3.05) is 11.9 Å². The number of likely N-dealkylation sites (tertiary alicyclic amines) is 1. The number of amides is 2. The highest BCUT2D eigenvalue weighted by Gasteiger charge is 2.60. The molecule has 2 aromatic rings. The summed E-state index contributed by atoms with van der Waals surface area (Å²) in [5, 5.41) is 3.05. The monoisotopic (exact) mass is 364 g/mol. The summed E-state index contributed by atoms with van der Waals surface area (Å²) in [7, 11) is 1.93. The van der Waals surface area contributed by atoms with E-state index in [1.807, 2.05) is 47.0 Å². The molecule has 27 heavy (non-hydrogen) atoms. The molecule has 2 atom stereocenters. The van der Waals surface area contributed by atoms with Gasteiger partial charge in [0, 0.05) is 38.1 Å². The highest BCUT2D eigenvalue weighted by atomic mass is 16.2. The molecule has 3 aliphatic rings. The Kier molecular flexibility index (Phi) is 3.64. The average Bonchev–Trinajstić information content (AvgIpc) is 3.16. The third-order valence-corrected chi connectivity index (χ3v) is 6.47. The molecule has 0 unspecified atom stereocenters. The van der Waals surface area contributed by atoms with Crippen molar-refractivity contribution in [2.45, 2.75) is 43.6 Å². The zero-order valence-electron chi connectivity index (χ0n) is 15.5. The summed E-state index contributed by atoms with van der Waals surface area (Å²) in [6, 6.07) is 7.49. The molecule has 0 bridgehead atoms. The number of imidazole rings is 1. The van der Waals surface area contributed by atoms with Crippen molar-refractivity contribution in [1.82, 2.24) is 14.5 Å². The summed E-state index contributed by atoms with van der Waals surface area (Å²) >= 11 is 0. The first-order valence-corrected chi connectivity index (χ1v) is 9.79. The maximum atomic E-state index is 13.2. The number of rotatable bonds is 4. The van der Waals surface area contributed by atoms with Gasteiger partial charge in [-0.3, -0.25) is 9.59 Å². The fourth-order valence-corrected chi connectivity index (χ4v) is 4.83. The van der Waals surface area contributed by atoms with Crippen LogP contribution in [0.1, 0.15) is 49.5 Å². The number of fused-ring (bicyclic) bond motifs is 2. The van der Waals surface area contributed by atoms with E-state index in [-0.39, 0.29) is 17.9 Å². The number of nitrogens with one attached hydrogen (secondary N) is 1. The zero-order chi connectivity index (χ0) is 18.6. The molecule has 1 aromatic carbocycles. The van der Waals surface area contributed by atoms with Gasteiger partial charge in [-0.25, -0.2) is 4.98 Å². The number of aryl methyl sites for hydroxylation is 1. The van der Waals surface area contributed by atoms with Crippen LogP contribution in [-0.2, 0) is 22.1 Å². The Morgan fingerprint density at radius 1 is 1.33 bits per heavy atom. The normalized spacial score (nSPS) is 26.5. The minimum atomic E-state index is -0.759. The van der Waals surface area contributed by atoms with Gasteiger partial charge in [0.1, 0.15) is 17.3 Å². The smallest absolute Gasteiger partial charge is 0.237 e. The van der Waals surface area contributed by atoms with Crippen molar-refractivity contribution in [2.24, 2.45) is 13.0 Å². The lowest BCUT2D eigenvalue weighted by molar-refractivity contribution is -0.134. The summed E-state index contributed by atoms with van der Waals surface area (Å²) in [6.07, 6.45) is 8.26. The van der Waals surface area contributed by atoms with Crippen LogP contribution in [0.3, 0.4) is 0 Å². The van der Waals surface area contributed by atoms with Gasteiger partial charge >= 0.3 is 0 Å². The summed E-state index contributed by atoms with van der Waals surface area (Å²) in [6.45, 7) is 0.586. The van der Waals surface area contributed by atoms with E-state index in [0.717, 1.165) is 23.5 Å². The predicted molar refractivity (Wildman–Crippen MR) is 101 cm³/mol. The minimum Gasteiger partial charge on any atom is -0.336 e. The molecule has 6 nitrogen and oxygen atoms in total. The third-order valence-electron chi connectivity index (χ3n) is 6.47. The van der Waals surface area contributed by atoms with Crippen molar-refractivity contribution in [1.29, 1.82) is 0 Å². The van der Waals surface area contributed by atoms with Crippen molar-refractivity contribution in [3.05, 3.63) is 48.0 Å². The van der Waals surface area contributed by atoms with E-state index in [1.165, 1.54) is 12.8 Å². The van der Waals surface area contributed by atoms with E-state index >= 15 is 0 Å². The van der Waals surface area contributed by atoms with Gasteiger partial charge in [-0.15, -0.1) is 0 Å². The van der Waals surface area contributed by atoms with Crippen LogP contribution in [-0.4, -0.2) is 32.8 Å². The zero-order valence-corrected chi connectivity index (χ0v) is 15.5. The quantitative estimate of drug-likeness (QED) is 0.907. The Hall–Kier alpha value is -2.63. The first-order chi connectivity index (χ1) is 13.1. The number of carbonyl (C=O) groups is 2. The summed E-state index contributed by atoms with van der Waals surface area (Å²) in [5.74, 6) is 1.62. The number of para-hydroxylation sites is 1. The van der Waals surface area contributed by atoms with Crippen LogP contribution in [0.15, 0.2) is 36.7 Å². The van der Waals surface area contributed by atoms with E-state index < -0.39 is 5.41 Å². The fourth-order valence-electron chi connectivity index (χ4n) is 4.83. The number of hydrogen-bond acceptors (Lipinski definition) is 3. The first kappa shape index (κ1) is 16.5. The van der Waals surface area contributed by atoms with Gasteiger partial charge in [-0.05, 0) is 30.4 Å². The average molecular weight is 364 g/mol. The van der Waals surface area contributed by atoms with Crippen LogP contribution >= 0.6 is 0 Å². The molecule has 0 radical (unpaired) electrons. The van der Waals surface area contributed by atoms with Gasteiger partial charge in [0.2, 0.25) is 11.8 Å². The molecule has 2 aliphatic heterocycles. The molecule has 5 rings (SSSR count).